The number of amides is 1. The van der Waals surface area contributed by atoms with E-state index in [-0.39, 0.29) is 30.6 Å². The first-order valence-electron chi connectivity index (χ1n) is 8.83. The van der Waals surface area contributed by atoms with Gasteiger partial charge in [-0.2, -0.15) is 0 Å². The van der Waals surface area contributed by atoms with E-state index in [2.05, 4.69) is 21.2 Å². The molecule has 1 unspecified atom stereocenters. The molecule has 2 aromatic rings. The highest BCUT2D eigenvalue weighted by Gasteiger charge is 2.20. The maximum absolute atomic E-state index is 12.3. The van der Waals surface area contributed by atoms with Gasteiger partial charge < -0.3 is 14.8 Å². The number of carbonyl (C=O) groups is 2. The van der Waals surface area contributed by atoms with Crippen LogP contribution in [-0.4, -0.2) is 24.9 Å². The SMILES string of the molecule is Cc1cc(C(=O)CCC(=O)NC(C)c2cc3c(cc2Br)OCCO3)c(C)s1. The average molecular weight is 452 g/mol. The second-order valence-electron chi connectivity index (χ2n) is 6.56. The van der Waals surface area contributed by atoms with E-state index in [1.807, 2.05) is 39.0 Å². The summed E-state index contributed by atoms with van der Waals surface area (Å²) in [5, 5.41) is 2.96. The van der Waals surface area contributed by atoms with Gasteiger partial charge in [0.15, 0.2) is 17.3 Å². The van der Waals surface area contributed by atoms with Gasteiger partial charge in [0, 0.05) is 32.6 Å². The third-order valence-corrected chi connectivity index (χ3v) is 6.08. The Bertz CT molecular complexity index is 877. The molecule has 0 saturated carbocycles. The van der Waals surface area contributed by atoms with Crippen molar-refractivity contribution >= 4 is 39.0 Å². The van der Waals surface area contributed by atoms with Gasteiger partial charge in [-0.3, -0.25) is 9.59 Å². The van der Waals surface area contributed by atoms with E-state index < -0.39 is 0 Å². The summed E-state index contributed by atoms with van der Waals surface area (Å²) in [6.07, 6.45) is 0.373. The van der Waals surface area contributed by atoms with Crippen LogP contribution in [0.25, 0.3) is 0 Å². The van der Waals surface area contributed by atoms with Gasteiger partial charge in [0.2, 0.25) is 5.91 Å². The van der Waals surface area contributed by atoms with E-state index in [0.29, 0.717) is 24.7 Å². The zero-order valence-corrected chi connectivity index (χ0v) is 18.0. The Morgan fingerprint density at radius 1 is 1.15 bits per heavy atom. The molecular weight excluding hydrogens is 430 g/mol. The first kappa shape index (κ1) is 19.9. The molecule has 0 bridgehead atoms. The Morgan fingerprint density at radius 3 is 2.44 bits per heavy atom. The van der Waals surface area contributed by atoms with Gasteiger partial charge in [0.25, 0.3) is 0 Å². The molecular formula is C20H22BrNO4S. The van der Waals surface area contributed by atoms with E-state index in [1.165, 1.54) is 0 Å². The smallest absolute Gasteiger partial charge is 0.220 e. The fraction of sp³-hybridized carbons (Fsp3) is 0.400. The third-order valence-electron chi connectivity index (χ3n) is 4.43. The molecule has 27 heavy (non-hydrogen) atoms. The third kappa shape index (κ3) is 4.71. The first-order valence-corrected chi connectivity index (χ1v) is 10.4. The molecule has 144 valence electrons. The van der Waals surface area contributed by atoms with Crippen LogP contribution in [0.5, 0.6) is 11.5 Å². The average Bonchev–Trinajstić information content (AvgIpc) is 2.97. The van der Waals surface area contributed by atoms with E-state index in [1.54, 1.807) is 11.3 Å². The predicted octanol–water partition coefficient (Wildman–Crippen LogP) is 4.74. The molecule has 3 rings (SSSR count). The highest BCUT2D eigenvalue weighted by Crippen LogP contribution is 2.37. The number of rotatable bonds is 6. The molecule has 1 aliphatic heterocycles. The number of hydrogen-bond donors (Lipinski definition) is 1. The Kier molecular flexibility index (Phi) is 6.22. The Labute approximate surface area is 171 Å². The van der Waals surface area contributed by atoms with E-state index in [0.717, 1.165) is 25.4 Å². The summed E-state index contributed by atoms with van der Waals surface area (Å²) in [6, 6.07) is 5.42. The number of fused-ring (bicyclic) bond motifs is 1. The number of Topliss-reactive ketones (excluding diaryl/α,β-unsaturated/α-hetero) is 1. The van der Waals surface area contributed by atoms with Crippen molar-refractivity contribution in [1.29, 1.82) is 0 Å². The molecule has 1 aromatic heterocycles. The van der Waals surface area contributed by atoms with Crippen LogP contribution in [0.2, 0.25) is 0 Å². The van der Waals surface area contributed by atoms with Gasteiger partial charge in [-0.25, -0.2) is 0 Å². The lowest BCUT2D eigenvalue weighted by Crippen LogP contribution is -2.27. The number of aryl methyl sites for hydroxylation is 2. The van der Waals surface area contributed by atoms with Crippen molar-refractivity contribution in [2.45, 2.75) is 39.7 Å². The molecule has 2 heterocycles. The highest BCUT2D eigenvalue weighted by atomic mass is 79.9. The molecule has 1 aromatic carbocycles. The lowest BCUT2D eigenvalue weighted by atomic mass is 10.1. The van der Waals surface area contributed by atoms with Gasteiger partial charge in [-0.05, 0) is 44.5 Å². The summed E-state index contributed by atoms with van der Waals surface area (Å²) in [5.74, 6) is 1.24. The van der Waals surface area contributed by atoms with Crippen LogP contribution >= 0.6 is 27.3 Å². The second kappa shape index (κ2) is 8.44. The monoisotopic (exact) mass is 451 g/mol. The topological polar surface area (TPSA) is 64.6 Å². The highest BCUT2D eigenvalue weighted by molar-refractivity contribution is 9.10. The van der Waals surface area contributed by atoms with Crippen LogP contribution < -0.4 is 14.8 Å². The van der Waals surface area contributed by atoms with Crippen LogP contribution in [0.4, 0.5) is 0 Å². The van der Waals surface area contributed by atoms with Crippen molar-refractivity contribution in [3.63, 3.8) is 0 Å². The number of ether oxygens (including phenoxy) is 2. The summed E-state index contributed by atoms with van der Waals surface area (Å²) in [7, 11) is 0. The standard InChI is InChI=1S/C20H22BrNO4S/c1-11-8-15(13(3)27-11)17(23)4-5-20(24)22-12(2)14-9-18-19(10-16(14)21)26-7-6-25-18/h8-10,12H,4-7H2,1-3H3,(H,22,24). The van der Waals surface area contributed by atoms with E-state index in [4.69, 9.17) is 9.47 Å². The molecule has 1 aliphatic rings. The second-order valence-corrected chi connectivity index (χ2v) is 8.87. The number of ketones is 1. The fourth-order valence-electron chi connectivity index (χ4n) is 3.07. The van der Waals surface area contributed by atoms with Crippen molar-refractivity contribution in [2.24, 2.45) is 0 Å². The molecule has 1 amide bonds. The number of hydrogen-bond acceptors (Lipinski definition) is 5. The first-order chi connectivity index (χ1) is 12.8. The van der Waals surface area contributed by atoms with Gasteiger partial charge in [-0.1, -0.05) is 15.9 Å². The van der Waals surface area contributed by atoms with Crippen molar-refractivity contribution in [2.75, 3.05) is 13.2 Å². The fourth-order valence-corrected chi connectivity index (χ4v) is 4.68. The van der Waals surface area contributed by atoms with E-state index >= 15 is 0 Å². The largest absolute Gasteiger partial charge is 0.486 e. The van der Waals surface area contributed by atoms with Crippen LogP contribution in [0.1, 0.15) is 51.5 Å². The Balaban J connectivity index is 1.59. The minimum absolute atomic E-state index is 0.0140. The molecule has 0 spiro atoms. The van der Waals surface area contributed by atoms with Crippen molar-refractivity contribution in [1.82, 2.24) is 5.32 Å². The van der Waals surface area contributed by atoms with Crippen LogP contribution in [-0.2, 0) is 4.79 Å². The predicted molar refractivity (Wildman–Crippen MR) is 109 cm³/mol. The summed E-state index contributed by atoms with van der Waals surface area (Å²) in [5.41, 5.74) is 1.64. The lowest BCUT2D eigenvalue weighted by Gasteiger charge is -2.22. The summed E-state index contributed by atoms with van der Waals surface area (Å²) in [6.45, 7) is 6.86. The molecule has 0 aliphatic carbocycles. The summed E-state index contributed by atoms with van der Waals surface area (Å²) >= 11 is 5.13. The molecule has 5 nitrogen and oxygen atoms in total. The Hall–Kier alpha value is -1.86. The zero-order valence-electron chi connectivity index (χ0n) is 15.6. The number of benzene rings is 1. The van der Waals surface area contributed by atoms with Crippen LogP contribution in [0.15, 0.2) is 22.7 Å². The molecule has 0 radical (unpaired) electrons. The van der Waals surface area contributed by atoms with Crippen LogP contribution in [0, 0.1) is 13.8 Å². The maximum Gasteiger partial charge on any atom is 0.220 e. The quantitative estimate of drug-likeness (QED) is 0.644. The van der Waals surface area contributed by atoms with Crippen molar-refractivity contribution in [3.05, 3.63) is 43.6 Å². The van der Waals surface area contributed by atoms with Gasteiger partial charge >= 0.3 is 0 Å². The number of halogens is 1. The van der Waals surface area contributed by atoms with Gasteiger partial charge in [0.05, 0.1) is 6.04 Å². The molecule has 7 heteroatoms. The molecule has 0 fully saturated rings. The molecule has 1 N–H and O–H groups in total. The lowest BCUT2D eigenvalue weighted by molar-refractivity contribution is -0.121. The minimum Gasteiger partial charge on any atom is -0.486 e. The van der Waals surface area contributed by atoms with Gasteiger partial charge in [0.1, 0.15) is 13.2 Å². The zero-order chi connectivity index (χ0) is 19.6. The number of nitrogens with one attached hydrogen (secondary N) is 1. The van der Waals surface area contributed by atoms with Crippen molar-refractivity contribution < 1.29 is 19.1 Å². The van der Waals surface area contributed by atoms with Crippen LogP contribution in [0.3, 0.4) is 0 Å². The van der Waals surface area contributed by atoms with Crippen molar-refractivity contribution in [3.8, 4) is 11.5 Å². The van der Waals surface area contributed by atoms with Gasteiger partial charge in [-0.15, -0.1) is 11.3 Å². The summed E-state index contributed by atoms with van der Waals surface area (Å²) in [4.78, 5) is 26.8. The number of carbonyl (C=O) groups excluding carboxylic acids is 2. The van der Waals surface area contributed by atoms with E-state index in [9.17, 15) is 9.59 Å². The molecule has 1 atom stereocenters. The maximum atomic E-state index is 12.3. The normalized spacial score (nSPS) is 13.9. The minimum atomic E-state index is -0.220. The number of thiophene rings is 1. The summed E-state index contributed by atoms with van der Waals surface area (Å²) < 4.78 is 12.0. The Morgan fingerprint density at radius 2 is 1.81 bits per heavy atom. The molecule has 0 saturated heterocycles.